The molecular weight excluding hydrogens is 236 g/mol. The second-order valence-electron chi connectivity index (χ2n) is 3.43. The fourth-order valence-electron chi connectivity index (χ4n) is 1.31. The maximum Gasteiger partial charge on any atom is 0.512 e. The largest absolute Gasteiger partial charge is 0.512 e. The van der Waals surface area contributed by atoms with Gasteiger partial charge in [0.25, 0.3) is 0 Å². The van der Waals surface area contributed by atoms with E-state index in [4.69, 9.17) is 5.11 Å². The predicted octanol–water partition coefficient (Wildman–Crippen LogP) is 1.98. The van der Waals surface area contributed by atoms with Crippen molar-refractivity contribution in [3.05, 3.63) is 36.5 Å². The van der Waals surface area contributed by atoms with Gasteiger partial charge in [0.2, 0.25) is 5.88 Å². The number of nitrogens with zero attached hydrogens (tertiary/aromatic N) is 3. The second-order valence-corrected chi connectivity index (χ2v) is 3.43. The van der Waals surface area contributed by atoms with Gasteiger partial charge in [0.15, 0.2) is 0 Å². The van der Waals surface area contributed by atoms with Crippen LogP contribution in [0.15, 0.2) is 30.9 Å². The van der Waals surface area contributed by atoms with E-state index in [1.54, 1.807) is 31.5 Å². The number of pyridine rings is 1. The molecule has 2 rings (SSSR count). The molecule has 0 radical (unpaired) electrons. The molecular formula is C11H10N4O3. The van der Waals surface area contributed by atoms with Crippen molar-refractivity contribution in [2.75, 3.05) is 5.32 Å². The van der Waals surface area contributed by atoms with Crippen LogP contribution in [0.1, 0.15) is 5.69 Å². The van der Waals surface area contributed by atoms with E-state index in [1.807, 2.05) is 0 Å². The van der Waals surface area contributed by atoms with Crippen molar-refractivity contribution in [2.24, 2.45) is 0 Å². The van der Waals surface area contributed by atoms with Crippen molar-refractivity contribution >= 4 is 17.5 Å². The maximum atomic E-state index is 10.6. The zero-order valence-electron chi connectivity index (χ0n) is 9.49. The minimum Gasteiger partial charge on any atom is -0.449 e. The summed E-state index contributed by atoms with van der Waals surface area (Å²) in [5, 5.41) is 11.6. The summed E-state index contributed by atoms with van der Waals surface area (Å²) in [5.74, 6) is -0.00801. The van der Waals surface area contributed by atoms with Crippen molar-refractivity contribution in [1.29, 1.82) is 0 Å². The summed E-state index contributed by atoms with van der Waals surface area (Å²) in [4.78, 5) is 22.2. The number of aryl methyl sites for hydroxylation is 1. The first-order valence-electron chi connectivity index (χ1n) is 5.05. The summed E-state index contributed by atoms with van der Waals surface area (Å²) in [6.45, 7) is 1.74. The Morgan fingerprint density at radius 2 is 2.06 bits per heavy atom. The molecule has 0 aliphatic heterocycles. The SMILES string of the molecule is Cc1ccc(Nc2cncnc2)c(OC(=O)O)n1. The highest BCUT2D eigenvalue weighted by Crippen LogP contribution is 2.25. The van der Waals surface area contributed by atoms with Crippen LogP contribution in [0.3, 0.4) is 0 Å². The number of ether oxygens (including phenoxy) is 1. The summed E-state index contributed by atoms with van der Waals surface area (Å²) in [6.07, 6.45) is 3.09. The van der Waals surface area contributed by atoms with Gasteiger partial charge in [0.1, 0.15) is 12.0 Å². The summed E-state index contributed by atoms with van der Waals surface area (Å²) in [7, 11) is 0. The zero-order valence-corrected chi connectivity index (χ0v) is 9.49. The van der Waals surface area contributed by atoms with E-state index in [2.05, 4.69) is 25.0 Å². The first kappa shape index (κ1) is 11.8. The molecule has 0 aliphatic rings. The van der Waals surface area contributed by atoms with Crippen LogP contribution >= 0.6 is 0 Å². The Balaban J connectivity index is 2.29. The zero-order chi connectivity index (χ0) is 13.0. The second kappa shape index (κ2) is 5.09. The van der Waals surface area contributed by atoms with Crippen molar-refractivity contribution in [3.63, 3.8) is 0 Å². The monoisotopic (exact) mass is 246 g/mol. The molecule has 18 heavy (non-hydrogen) atoms. The molecule has 92 valence electrons. The van der Waals surface area contributed by atoms with Gasteiger partial charge in [0, 0.05) is 5.69 Å². The summed E-state index contributed by atoms with van der Waals surface area (Å²) in [5.41, 5.74) is 1.69. The van der Waals surface area contributed by atoms with Crippen LogP contribution in [-0.4, -0.2) is 26.2 Å². The van der Waals surface area contributed by atoms with Crippen molar-refractivity contribution in [3.8, 4) is 5.88 Å². The van der Waals surface area contributed by atoms with E-state index in [0.717, 1.165) is 0 Å². The molecule has 0 spiro atoms. The van der Waals surface area contributed by atoms with Gasteiger partial charge < -0.3 is 15.2 Å². The molecule has 0 aromatic carbocycles. The number of rotatable bonds is 3. The van der Waals surface area contributed by atoms with Crippen LogP contribution in [0, 0.1) is 6.92 Å². The molecule has 0 saturated carbocycles. The van der Waals surface area contributed by atoms with Gasteiger partial charge in [-0.3, -0.25) is 0 Å². The number of carbonyl (C=O) groups is 1. The first-order valence-corrected chi connectivity index (χ1v) is 5.05. The number of aromatic nitrogens is 3. The topological polar surface area (TPSA) is 97.2 Å². The van der Waals surface area contributed by atoms with Gasteiger partial charge in [-0.05, 0) is 19.1 Å². The third-order valence-electron chi connectivity index (χ3n) is 2.02. The lowest BCUT2D eigenvalue weighted by atomic mass is 10.3. The van der Waals surface area contributed by atoms with Crippen LogP contribution in [0.2, 0.25) is 0 Å². The third-order valence-corrected chi connectivity index (χ3v) is 2.02. The number of hydrogen-bond donors (Lipinski definition) is 2. The van der Waals surface area contributed by atoms with E-state index in [1.165, 1.54) is 6.33 Å². The predicted molar refractivity (Wildman–Crippen MR) is 62.9 cm³/mol. The van der Waals surface area contributed by atoms with Gasteiger partial charge in [-0.1, -0.05) is 0 Å². The molecule has 0 atom stereocenters. The fourth-order valence-corrected chi connectivity index (χ4v) is 1.31. The highest BCUT2D eigenvalue weighted by Gasteiger charge is 2.10. The van der Waals surface area contributed by atoms with E-state index in [-0.39, 0.29) is 5.88 Å². The van der Waals surface area contributed by atoms with E-state index >= 15 is 0 Å². The number of nitrogens with one attached hydrogen (secondary N) is 1. The van der Waals surface area contributed by atoms with Gasteiger partial charge >= 0.3 is 6.16 Å². The first-order chi connectivity index (χ1) is 8.65. The lowest BCUT2D eigenvalue weighted by Gasteiger charge is -2.09. The molecule has 2 N–H and O–H groups in total. The average Bonchev–Trinajstić information content (AvgIpc) is 2.33. The minimum absolute atomic E-state index is 0.00801. The minimum atomic E-state index is -1.42. The Hall–Kier alpha value is -2.70. The molecule has 2 aromatic heterocycles. The molecule has 0 bridgehead atoms. The van der Waals surface area contributed by atoms with Gasteiger partial charge in [0.05, 0.1) is 18.1 Å². The molecule has 0 saturated heterocycles. The summed E-state index contributed by atoms with van der Waals surface area (Å²) < 4.78 is 4.60. The molecule has 2 aromatic rings. The molecule has 2 heterocycles. The smallest absolute Gasteiger partial charge is 0.449 e. The van der Waals surface area contributed by atoms with E-state index < -0.39 is 6.16 Å². The highest BCUT2D eigenvalue weighted by molar-refractivity contribution is 5.68. The maximum absolute atomic E-state index is 10.6. The third kappa shape index (κ3) is 2.91. The van der Waals surface area contributed by atoms with E-state index in [0.29, 0.717) is 17.1 Å². The lowest BCUT2D eigenvalue weighted by molar-refractivity contribution is 0.143. The van der Waals surface area contributed by atoms with Gasteiger partial charge in [-0.25, -0.2) is 19.7 Å². The molecule has 0 amide bonds. The Bertz CT molecular complexity index is 559. The summed E-state index contributed by atoms with van der Waals surface area (Å²) in [6, 6.07) is 3.41. The van der Waals surface area contributed by atoms with Crippen LogP contribution in [0.5, 0.6) is 5.88 Å². The van der Waals surface area contributed by atoms with Crippen LogP contribution in [0.25, 0.3) is 0 Å². The van der Waals surface area contributed by atoms with Crippen molar-refractivity contribution < 1.29 is 14.6 Å². The lowest BCUT2D eigenvalue weighted by Crippen LogP contribution is -2.07. The summed E-state index contributed by atoms with van der Waals surface area (Å²) >= 11 is 0. The normalized spacial score (nSPS) is 9.83. The quantitative estimate of drug-likeness (QED) is 0.799. The molecule has 0 unspecified atom stereocenters. The van der Waals surface area contributed by atoms with Crippen LogP contribution < -0.4 is 10.1 Å². The molecule has 7 nitrogen and oxygen atoms in total. The highest BCUT2D eigenvalue weighted by atomic mass is 16.7. The number of anilines is 2. The van der Waals surface area contributed by atoms with Crippen LogP contribution in [-0.2, 0) is 0 Å². The fraction of sp³-hybridized carbons (Fsp3) is 0.0909. The standard InChI is InChI=1S/C11H10N4O3/c1-7-2-3-9(10(14-7)18-11(16)17)15-8-4-12-6-13-5-8/h2-6,15H,1H3,(H,16,17). The Morgan fingerprint density at radius 3 is 2.72 bits per heavy atom. The molecule has 0 fully saturated rings. The average molecular weight is 246 g/mol. The Labute approximate surface area is 102 Å². The number of carboxylic acid groups (broad SMARTS) is 1. The van der Waals surface area contributed by atoms with Crippen molar-refractivity contribution in [2.45, 2.75) is 6.92 Å². The van der Waals surface area contributed by atoms with E-state index in [9.17, 15) is 4.79 Å². The molecule has 0 aliphatic carbocycles. The van der Waals surface area contributed by atoms with Gasteiger partial charge in [-0.15, -0.1) is 0 Å². The number of hydrogen-bond acceptors (Lipinski definition) is 6. The van der Waals surface area contributed by atoms with Gasteiger partial charge in [-0.2, -0.15) is 0 Å². The molecule has 7 heteroatoms. The Kier molecular flexibility index (Phi) is 3.33. The Morgan fingerprint density at radius 1 is 1.33 bits per heavy atom. The van der Waals surface area contributed by atoms with Crippen LogP contribution in [0.4, 0.5) is 16.2 Å². The van der Waals surface area contributed by atoms with Crippen molar-refractivity contribution in [1.82, 2.24) is 15.0 Å².